The van der Waals surface area contributed by atoms with Crippen molar-refractivity contribution < 1.29 is 23.1 Å². The zero-order chi connectivity index (χ0) is 10.8. The average Bonchev–Trinajstić information content (AvgIpc) is 2.47. The summed E-state index contributed by atoms with van der Waals surface area (Å²) in [5.74, 6) is -1.04. The van der Waals surface area contributed by atoms with E-state index in [2.05, 4.69) is 0 Å². The van der Waals surface area contributed by atoms with Gasteiger partial charge in [0.15, 0.2) is 0 Å². The standard InChI is InChI=1S/C7H13NO5S/c1-14(11,12)8-3-2-6(4-8)13-5-7(9)10/h6H,2-5H2,1H3,(H,9,10). The van der Waals surface area contributed by atoms with Crippen LogP contribution in [0.3, 0.4) is 0 Å². The van der Waals surface area contributed by atoms with E-state index in [-0.39, 0.29) is 19.3 Å². The van der Waals surface area contributed by atoms with Crippen molar-refractivity contribution >= 4 is 16.0 Å². The number of carbonyl (C=O) groups is 1. The monoisotopic (exact) mass is 223 g/mol. The minimum atomic E-state index is -3.17. The number of ether oxygens (including phenoxy) is 1. The van der Waals surface area contributed by atoms with Crippen LogP contribution in [0.2, 0.25) is 0 Å². The van der Waals surface area contributed by atoms with Crippen molar-refractivity contribution in [2.45, 2.75) is 12.5 Å². The maximum atomic E-state index is 11.1. The summed E-state index contributed by atoms with van der Waals surface area (Å²) in [6.45, 7) is 0.289. The molecule has 0 aromatic heterocycles. The Labute approximate surface area is 82.5 Å². The van der Waals surface area contributed by atoms with Crippen molar-refractivity contribution in [2.75, 3.05) is 26.0 Å². The molecule has 0 saturated carbocycles. The molecule has 7 heteroatoms. The summed E-state index contributed by atoms with van der Waals surface area (Å²) >= 11 is 0. The van der Waals surface area contributed by atoms with Crippen molar-refractivity contribution in [3.05, 3.63) is 0 Å². The van der Waals surface area contributed by atoms with Crippen LogP contribution in [-0.4, -0.2) is 55.9 Å². The number of rotatable bonds is 4. The molecule has 0 amide bonds. The Bertz CT molecular complexity index is 312. The second-order valence-corrected chi connectivity index (χ2v) is 5.22. The summed E-state index contributed by atoms with van der Waals surface area (Å²) in [4.78, 5) is 10.2. The molecule has 6 nitrogen and oxygen atoms in total. The van der Waals surface area contributed by atoms with E-state index in [1.54, 1.807) is 0 Å². The van der Waals surface area contributed by atoms with Gasteiger partial charge in [0.1, 0.15) is 6.61 Å². The Morgan fingerprint density at radius 1 is 1.64 bits per heavy atom. The SMILES string of the molecule is CS(=O)(=O)N1CCC(OCC(=O)O)C1. The molecule has 1 rings (SSSR count). The zero-order valence-electron chi connectivity index (χ0n) is 7.84. The molecule has 1 saturated heterocycles. The van der Waals surface area contributed by atoms with Gasteiger partial charge < -0.3 is 9.84 Å². The molecule has 1 aliphatic rings. The molecular weight excluding hydrogens is 210 g/mol. The third kappa shape index (κ3) is 3.24. The molecule has 14 heavy (non-hydrogen) atoms. The lowest BCUT2D eigenvalue weighted by Gasteiger charge is -2.12. The minimum Gasteiger partial charge on any atom is -0.480 e. The number of aliphatic carboxylic acids is 1. The van der Waals surface area contributed by atoms with Crippen LogP contribution in [-0.2, 0) is 19.6 Å². The Balaban J connectivity index is 2.38. The van der Waals surface area contributed by atoms with Gasteiger partial charge in [-0.05, 0) is 6.42 Å². The lowest BCUT2D eigenvalue weighted by atomic mass is 10.3. The normalized spacial score (nSPS) is 23.9. The Morgan fingerprint density at radius 2 is 2.29 bits per heavy atom. The van der Waals surface area contributed by atoms with Crippen LogP contribution in [0.5, 0.6) is 0 Å². The van der Waals surface area contributed by atoms with E-state index in [0.29, 0.717) is 13.0 Å². The quantitative estimate of drug-likeness (QED) is 0.669. The van der Waals surface area contributed by atoms with E-state index >= 15 is 0 Å². The van der Waals surface area contributed by atoms with Gasteiger partial charge in [-0.1, -0.05) is 0 Å². The second kappa shape index (κ2) is 4.24. The highest BCUT2D eigenvalue weighted by molar-refractivity contribution is 7.88. The molecule has 82 valence electrons. The third-order valence-electron chi connectivity index (χ3n) is 2.02. The fraction of sp³-hybridized carbons (Fsp3) is 0.857. The van der Waals surface area contributed by atoms with Gasteiger partial charge in [-0.3, -0.25) is 0 Å². The average molecular weight is 223 g/mol. The van der Waals surface area contributed by atoms with E-state index < -0.39 is 16.0 Å². The van der Waals surface area contributed by atoms with Gasteiger partial charge in [0, 0.05) is 13.1 Å². The van der Waals surface area contributed by atoms with Crippen LogP contribution >= 0.6 is 0 Å². The Hall–Kier alpha value is -0.660. The van der Waals surface area contributed by atoms with E-state index in [0.717, 1.165) is 6.26 Å². The fourth-order valence-electron chi connectivity index (χ4n) is 1.32. The molecule has 0 spiro atoms. The van der Waals surface area contributed by atoms with Crippen LogP contribution in [0.15, 0.2) is 0 Å². The maximum Gasteiger partial charge on any atom is 0.329 e. The first-order chi connectivity index (χ1) is 6.39. The minimum absolute atomic E-state index is 0.256. The number of carboxylic acids is 1. The first kappa shape index (κ1) is 11.4. The van der Waals surface area contributed by atoms with Gasteiger partial charge in [0.05, 0.1) is 12.4 Å². The van der Waals surface area contributed by atoms with Crippen molar-refractivity contribution in [3.63, 3.8) is 0 Å². The molecule has 1 fully saturated rings. The van der Waals surface area contributed by atoms with Gasteiger partial charge in [-0.2, -0.15) is 4.31 Å². The predicted molar refractivity (Wildman–Crippen MR) is 48.4 cm³/mol. The first-order valence-corrected chi connectivity index (χ1v) is 6.03. The predicted octanol–water partition coefficient (Wildman–Crippen LogP) is -0.878. The largest absolute Gasteiger partial charge is 0.480 e. The van der Waals surface area contributed by atoms with Crippen LogP contribution in [0.25, 0.3) is 0 Å². The molecule has 0 bridgehead atoms. The van der Waals surface area contributed by atoms with Crippen molar-refractivity contribution in [1.82, 2.24) is 4.31 Å². The van der Waals surface area contributed by atoms with Crippen molar-refractivity contribution in [1.29, 1.82) is 0 Å². The number of sulfonamides is 1. The Kier molecular flexibility index (Phi) is 3.46. The summed E-state index contributed by atoms with van der Waals surface area (Å²) in [5, 5.41) is 8.34. The molecule has 0 radical (unpaired) electrons. The molecule has 0 aromatic rings. The van der Waals surface area contributed by atoms with Crippen LogP contribution in [0, 0.1) is 0 Å². The molecule has 1 N–H and O–H groups in total. The fourth-order valence-corrected chi connectivity index (χ4v) is 2.20. The molecule has 1 heterocycles. The van der Waals surface area contributed by atoms with Gasteiger partial charge in [-0.25, -0.2) is 13.2 Å². The van der Waals surface area contributed by atoms with Crippen molar-refractivity contribution in [3.8, 4) is 0 Å². The number of hydrogen-bond acceptors (Lipinski definition) is 4. The van der Waals surface area contributed by atoms with Crippen LogP contribution < -0.4 is 0 Å². The molecule has 0 aromatic carbocycles. The zero-order valence-corrected chi connectivity index (χ0v) is 8.66. The highest BCUT2D eigenvalue weighted by atomic mass is 32.2. The van der Waals surface area contributed by atoms with Gasteiger partial charge >= 0.3 is 5.97 Å². The van der Waals surface area contributed by atoms with E-state index in [1.165, 1.54) is 4.31 Å². The lowest BCUT2D eigenvalue weighted by molar-refractivity contribution is -0.144. The summed E-state index contributed by atoms with van der Waals surface area (Å²) < 4.78 is 28.4. The van der Waals surface area contributed by atoms with Gasteiger partial charge in [0.2, 0.25) is 10.0 Å². The highest BCUT2D eigenvalue weighted by Crippen LogP contribution is 2.15. The van der Waals surface area contributed by atoms with Crippen LogP contribution in [0.1, 0.15) is 6.42 Å². The highest BCUT2D eigenvalue weighted by Gasteiger charge is 2.29. The summed E-state index contributed by atoms with van der Waals surface area (Å²) in [6.07, 6.45) is 1.40. The van der Waals surface area contributed by atoms with E-state index in [9.17, 15) is 13.2 Å². The summed E-state index contributed by atoms with van der Waals surface area (Å²) in [7, 11) is -3.17. The van der Waals surface area contributed by atoms with Crippen LogP contribution in [0.4, 0.5) is 0 Å². The Morgan fingerprint density at radius 3 is 2.71 bits per heavy atom. The number of carboxylic acid groups (broad SMARTS) is 1. The molecule has 0 aliphatic carbocycles. The van der Waals surface area contributed by atoms with Crippen molar-refractivity contribution in [2.24, 2.45) is 0 Å². The number of hydrogen-bond donors (Lipinski definition) is 1. The second-order valence-electron chi connectivity index (χ2n) is 3.24. The molecular formula is C7H13NO5S. The smallest absolute Gasteiger partial charge is 0.329 e. The first-order valence-electron chi connectivity index (χ1n) is 4.18. The number of nitrogens with zero attached hydrogens (tertiary/aromatic N) is 1. The molecule has 1 unspecified atom stereocenters. The lowest BCUT2D eigenvalue weighted by Crippen LogP contribution is -2.29. The van der Waals surface area contributed by atoms with Gasteiger partial charge in [0.25, 0.3) is 0 Å². The topological polar surface area (TPSA) is 83.9 Å². The molecule has 1 atom stereocenters. The molecule has 1 aliphatic heterocycles. The van der Waals surface area contributed by atoms with E-state index in [4.69, 9.17) is 9.84 Å². The van der Waals surface area contributed by atoms with E-state index in [1.807, 2.05) is 0 Å². The summed E-state index contributed by atoms with van der Waals surface area (Å²) in [6, 6.07) is 0. The maximum absolute atomic E-state index is 11.1. The summed E-state index contributed by atoms with van der Waals surface area (Å²) in [5.41, 5.74) is 0. The van der Waals surface area contributed by atoms with Gasteiger partial charge in [-0.15, -0.1) is 0 Å². The third-order valence-corrected chi connectivity index (χ3v) is 3.29.